The van der Waals surface area contributed by atoms with E-state index < -0.39 is 0 Å². The summed E-state index contributed by atoms with van der Waals surface area (Å²) in [7, 11) is 1.36. The summed E-state index contributed by atoms with van der Waals surface area (Å²) in [5.74, 6) is -0.277. The molecule has 0 aliphatic heterocycles. The van der Waals surface area contributed by atoms with Crippen LogP contribution in [0, 0.1) is 0 Å². The maximum Gasteiger partial charge on any atom is 0.319 e. The first-order valence-corrected chi connectivity index (χ1v) is 4.69. The third kappa shape index (κ3) is 5.91. The summed E-state index contributed by atoms with van der Waals surface area (Å²) in [4.78, 5) is 12.7. The first-order valence-electron chi connectivity index (χ1n) is 3.88. The summed E-state index contributed by atoms with van der Waals surface area (Å²) < 4.78 is 4.52. The second kappa shape index (κ2) is 7.18. The average molecular weight is 226 g/mol. The van der Waals surface area contributed by atoms with Gasteiger partial charge in [0.15, 0.2) is 0 Å². The highest BCUT2D eigenvalue weighted by atomic mass is 35.5. The van der Waals surface area contributed by atoms with Crippen LogP contribution in [0.25, 0.3) is 0 Å². The maximum absolute atomic E-state index is 10.9. The van der Waals surface area contributed by atoms with Crippen LogP contribution in [0.1, 0.15) is 6.92 Å². The molecule has 0 N–H and O–H groups in total. The molecule has 0 saturated heterocycles. The zero-order valence-electron chi connectivity index (χ0n) is 7.72. The Bertz CT molecular complexity index is 195. The molecular weight excluding hydrogens is 213 g/mol. The molecule has 0 bridgehead atoms. The Balaban J connectivity index is 3.96. The molecule has 76 valence electrons. The summed E-state index contributed by atoms with van der Waals surface area (Å²) >= 11 is 11.1. The van der Waals surface area contributed by atoms with Crippen molar-refractivity contribution in [2.45, 2.75) is 6.92 Å². The van der Waals surface area contributed by atoms with Crippen molar-refractivity contribution in [3.63, 3.8) is 0 Å². The SMILES string of the molecule is CCN(CC(=O)OC)CC(Cl)=CCl. The zero-order chi connectivity index (χ0) is 10.3. The van der Waals surface area contributed by atoms with Crippen LogP contribution in [0.15, 0.2) is 10.6 Å². The van der Waals surface area contributed by atoms with Gasteiger partial charge in [0.2, 0.25) is 0 Å². The first kappa shape index (κ1) is 12.8. The lowest BCUT2D eigenvalue weighted by atomic mass is 10.4. The largest absolute Gasteiger partial charge is 0.468 e. The predicted molar refractivity (Wildman–Crippen MR) is 53.9 cm³/mol. The molecule has 0 heterocycles. The van der Waals surface area contributed by atoms with Crippen LogP contribution in [0.2, 0.25) is 0 Å². The minimum atomic E-state index is -0.277. The van der Waals surface area contributed by atoms with Crippen LogP contribution < -0.4 is 0 Å². The van der Waals surface area contributed by atoms with Gasteiger partial charge in [0.1, 0.15) is 0 Å². The second-order valence-electron chi connectivity index (χ2n) is 2.44. The van der Waals surface area contributed by atoms with Gasteiger partial charge in [-0.15, -0.1) is 0 Å². The fraction of sp³-hybridized carbons (Fsp3) is 0.625. The zero-order valence-corrected chi connectivity index (χ0v) is 9.23. The molecule has 0 aromatic rings. The van der Waals surface area contributed by atoms with E-state index in [0.717, 1.165) is 6.54 Å². The maximum atomic E-state index is 10.9. The quantitative estimate of drug-likeness (QED) is 0.669. The van der Waals surface area contributed by atoms with Gasteiger partial charge in [-0.2, -0.15) is 0 Å². The third-order valence-electron chi connectivity index (χ3n) is 1.52. The monoisotopic (exact) mass is 225 g/mol. The predicted octanol–water partition coefficient (Wildman–Crippen LogP) is 1.80. The summed E-state index contributed by atoms with van der Waals surface area (Å²) in [5, 5.41) is 0.507. The fourth-order valence-corrected chi connectivity index (χ4v) is 1.01. The van der Waals surface area contributed by atoms with Crippen molar-refractivity contribution >= 4 is 29.2 Å². The number of halogens is 2. The van der Waals surface area contributed by atoms with Crippen molar-refractivity contribution in [2.24, 2.45) is 0 Å². The number of ether oxygens (including phenoxy) is 1. The molecule has 0 unspecified atom stereocenters. The van der Waals surface area contributed by atoms with Gasteiger partial charge in [-0.05, 0) is 6.54 Å². The standard InChI is InChI=1S/C8H13Cl2NO2/c1-3-11(5-7(10)4-9)6-8(12)13-2/h4H,3,5-6H2,1-2H3. The molecular formula is C8H13Cl2NO2. The van der Waals surface area contributed by atoms with E-state index in [4.69, 9.17) is 23.2 Å². The van der Waals surface area contributed by atoms with Gasteiger partial charge in [0, 0.05) is 17.1 Å². The number of esters is 1. The molecule has 0 fully saturated rings. The van der Waals surface area contributed by atoms with E-state index >= 15 is 0 Å². The molecule has 0 aromatic heterocycles. The van der Waals surface area contributed by atoms with E-state index in [2.05, 4.69) is 4.74 Å². The average Bonchev–Trinajstić information content (AvgIpc) is 2.16. The molecule has 13 heavy (non-hydrogen) atoms. The van der Waals surface area contributed by atoms with Crippen molar-refractivity contribution in [3.05, 3.63) is 10.6 Å². The molecule has 3 nitrogen and oxygen atoms in total. The van der Waals surface area contributed by atoms with E-state index in [1.165, 1.54) is 12.6 Å². The molecule has 0 aliphatic carbocycles. The number of hydrogen-bond acceptors (Lipinski definition) is 3. The lowest BCUT2D eigenvalue weighted by molar-refractivity contribution is -0.141. The van der Waals surface area contributed by atoms with Gasteiger partial charge in [-0.25, -0.2) is 0 Å². The first-order chi connectivity index (χ1) is 6.13. The number of carbonyl (C=O) groups is 1. The number of nitrogens with zero attached hydrogens (tertiary/aromatic N) is 1. The van der Waals surface area contributed by atoms with Crippen molar-refractivity contribution in [1.29, 1.82) is 0 Å². The Morgan fingerprint density at radius 3 is 2.54 bits per heavy atom. The summed E-state index contributed by atoms with van der Waals surface area (Å²) in [6.07, 6.45) is 0. The van der Waals surface area contributed by atoms with Gasteiger partial charge in [-0.1, -0.05) is 30.1 Å². The van der Waals surface area contributed by atoms with Crippen LogP contribution in [-0.2, 0) is 9.53 Å². The number of likely N-dealkylation sites (N-methyl/N-ethyl adjacent to an activating group) is 1. The van der Waals surface area contributed by atoms with Crippen molar-refractivity contribution in [2.75, 3.05) is 26.7 Å². The van der Waals surface area contributed by atoms with Crippen LogP contribution in [0.3, 0.4) is 0 Å². The Hall–Kier alpha value is -0.250. The van der Waals surface area contributed by atoms with Gasteiger partial charge in [-0.3, -0.25) is 9.69 Å². The minimum Gasteiger partial charge on any atom is -0.468 e. The molecule has 0 amide bonds. The number of carbonyl (C=O) groups excluding carboxylic acids is 1. The van der Waals surface area contributed by atoms with Crippen molar-refractivity contribution < 1.29 is 9.53 Å². The second-order valence-corrected chi connectivity index (χ2v) is 3.14. The Morgan fingerprint density at radius 2 is 2.15 bits per heavy atom. The summed E-state index contributed by atoms with van der Waals surface area (Å²) in [5.41, 5.74) is 1.29. The Labute approximate surface area is 88.2 Å². The number of hydrogen-bond donors (Lipinski definition) is 0. The van der Waals surface area contributed by atoms with Gasteiger partial charge in [0.05, 0.1) is 13.7 Å². The van der Waals surface area contributed by atoms with Gasteiger partial charge >= 0.3 is 5.97 Å². The number of methoxy groups -OCH3 is 1. The van der Waals surface area contributed by atoms with E-state index in [0.29, 0.717) is 11.6 Å². The third-order valence-corrected chi connectivity index (χ3v) is 2.12. The minimum absolute atomic E-state index is 0.230. The molecule has 0 spiro atoms. The topological polar surface area (TPSA) is 29.5 Å². The molecule has 0 aliphatic rings. The summed E-state index contributed by atoms with van der Waals surface area (Å²) in [6.45, 7) is 3.35. The van der Waals surface area contributed by atoms with Crippen LogP contribution in [-0.4, -0.2) is 37.6 Å². The van der Waals surface area contributed by atoms with Gasteiger partial charge in [0.25, 0.3) is 0 Å². The normalized spacial score (nSPS) is 11.9. The molecule has 0 saturated carbocycles. The van der Waals surface area contributed by atoms with Crippen molar-refractivity contribution in [3.8, 4) is 0 Å². The smallest absolute Gasteiger partial charge is 0.319 e. The molecule has 0 radical (unpaired) electrons. The molecule has 5 heteroatoms. The Morgan fingerprint density at radius 1 is 1.54 bits per heavy atom. The molecule has 0 rings (SSSR count). The van der Waals surface area contributed by atoms with E-state index in [-0.39, 0.29) is 12.5 Å². The highest BCUT2D eigenvalue weighted by Gasteiger charge is 2.09. The van der Waals surface area contributed by atoms with Gasteiger partial charge < -0.3 is 4.74 Å². The Kier molecular flexibility index (Phi) is 7.04. The lowest BCUT2D eigenvalue weighted by Crippen LogP contribution is -2.31. The van der Waals surface area contributed by atoms with Crippen LogP contribution in [0.4, 0.5) is 0 Å². The molecule has 0 aromatic carbocycles. The number of rotatable bonds is 5. The lowest BCUT2D eigenvalue weighted by Gasteiger charge is -2.17. The van der Waals surface area contributed by atoms with Crippen molar-refractivity contribution in [1.82, 2.24) is 4.90 Å². The van der Waals surface area contributed by atoms with E-state index in [1.807, 2.05) is 11.8 Å². The van der Waals surface area contributed by atoms with E-state index in [1.54, 1.807) is 0 Å². The van der Waals surface area contributed by atoms with E-state index in [9.17, 15) is 4.79 Å². The van der Waals surface area contributed by atoms with Crippen LogP contribution in [0.5, 0.6) is 0 Å². The molecule has 0 atom stereocenters. The highest BCUT2D eigenvalue weighted by molar-refractivity contribution is 6.36. The highest BCUT2D eigenvalue weighted by Crippen LogP contribution is 2.05. The summed E-state index contributed by atoms with van der Waals surface area (Å²) in [6, 6.07) is 0. The van der Waals surface area contributed by atoms with Crippen LogP contribution >= 0.6 is 23.2 Å². The fourth-order valence-electron chi connectivity index (χ4n) is 0.775.